The number of nitro groups is 1. The molecule has 1 aliphatic heterocycles. The first-order chi connectivity index (χ1) is 14.5. The van der Waals surface area contributed by atoms with Gasteiger partial charge in [-0.2, -0.15) is 5.10 Å². The Balaban J connectivity index is 1.59. The molecule has 0 spiro atoms. The van der Waals surface area contributed by atoms with E-state index in [1.54, 1.807) is 6.07 Å². The number of anilines is 1. The number of nitrogens with zero attached hydrogens (tertiary/aromatic N) is 3. The number of nitro benzene ring substituents is 1. The number of thioether (sulfide) groups is 1. The van der Waals surface area contributed by atoms with Crippen molar-refractivity contribution in [2.45, 2.75) is 5.75 Å². The van der Waals surface area contributed by atoms with Gasteiger partial charge in [0.15, 0.2) is 0 Å². The summed E-state index contributed by atoms with van der Waals surface area (Å²) >= 11 is 4.97. The maximum Gasteiger partial charge on any atom is 0.270 e. The van der Waals surface area contributed by atoms with Gasteiger partial charge < -0.3 is 9.64 Å². The highest BCUT2D eigenvalue weighted by Crippen LogP contribution is 2.25. The van der Waals surface area contributed by atoms with E-state index in [1.807, 2.05) is 24.3 Å². The number of carbonyl (C=O) groups excluding carboxylic acids is 1. The summed E-state index contributed by atoms with van der Waals surface area (Å²) < 4.78 is 6.38. The molecule has 1 heterocycles. The predicted octanol–water partition coefficient (Wildman–Crippen LogP) is 3.58. The van der Waals surface area contributed by atoms with Crippen molar-refractivity contribution in [1.82, 2.24) is 5.43 Å². The molecule has 30 heavy (non-hydrogen) atoms. The normalized spacial score (nSPS) is 14.1. The first-order valence-corrected chi connectivity index (χ1v) is 11.2. The molecular weight excluding hydrogens is 472 g/mol. The van der Waals surface area contributed by atoms with Crippen LogP contribution in [0.3, 0.4) is 0 Å². The fourth-order valence-corrected chi connectivity index (χ4v) is 4.36. The Labute approximate surface area is 186 Å². The van der Waals surface area contributed by atoms with E-state index in [-0.39, 0.29) is 17.3 Å². The Morgan fingerprint density at radius 2 is 2.07 bits per heavy atom. The van der Waals surface area contributed by atoms with E-state index in [2.05, 4.69) is 31.4 Å². The molecule has 0 bridgehead atoms. The van der Waals surface area contributed by atoms with Gasteiger partial charge in [0.1, 0.15) is 0 Å². The van der Waals surface area contributed by atoms with Crippen molar-refractivity contribution in [2.24, 2.45) is 5.10 Å². The zero-order valence-corrected chi connectivity index (χ0v) is 18.5. The van der Waals surface area contributed by atoms with Crippen molar-refractivity contribution in [3.63, 3.8) is 0 Å². The Bertz CT molecular complexity index is 935. The van der Waals surface area contributed by atoms with Crippen LogP contribution < -0.4 is 10.3 Å². The third-order valence-corrected chi connectivity index (χ3v) is 6.17. The lowest BCUT2D eigenvalue weighted by molar-refractivity contribution is -0.384. The third kappa shape index (κ3) is 6.28. The molecule has 0 unspecified atom stereocenters. The minimum atomic E-state index is -0.447. The minimum Gasteiger partial charge on any atom is -0.378 e. The van der Waals surface area contributed by atoms with E-state index in [0.717, 1.165) is 15.7 Å². The SMILES string of the molecule is O=C(CSCc1ccccc1Br)N/N=C\c1cc([N+](=O)[O-])ccc1N1CCOCC1. The quantitative estimate of drug-likeness (QED) is 0.343. The van der Waals surface area contributed by atoms with Crippen LogP contribution in [0.4, 0.5) is 11.4 Å². The first kappa shape index (κ1) is 22.3. The van der Waals surface area contributed by atoms with Gasteiger partial charge in [-0.25, -0.2) is 5.43 Å². The molecule has 0 saturated carbocycles. The summed E-state index contributed by atoms with van der Waals surface area (Å²) in [6.07, 6.45) is 1.45. The highest BCUT2D eigenvalue weighted by molar-refractivity contribution is 9.10. The average Bonchev–Trinajstić information content (AvgIpc) is 2.75. The molecule has 158 valence electrons. The van der Waals surface area contributed by atoms with E-state index in [0.29, 0.717) is 37.6 Å². The smallest absolute Gasteiger partial charge is 0.270 e. The number of halogens is 1. The standard InChI is InChI=1S/C20H21BrN4O4S/c21-18-4-2-1-3-15(18)13-30-14-20(26)23-22-12-16-11-17(25(27)28)5-6-19(16)24-7-9-29-10-8-24/h1-6,11-12H,7-10,13-14H2,(H,23,26)/b22-12-. The third-order valence-electron chi connectivity index (χ3n) is 4.42. The average molecular weight is 493 g/mol. The van der Waals surface area contributed by atoms with Crippen LogP contribution in [0, 0.1) is 10.1 Å². The largest absolute Gasteiger partial charge is 0.378 e. The number of hydrogen-bond donors (Lipinski definition) is 1. The summed E-state index contributed by atoms with van der Waals surface area (Å²) in [6.45, 7) is 2.57. The summed E-state index contributed by atoms with van der Waals surface area (Å²) in [5.74, 6) is 0.718. The molecule has 1 saturated heterocycles. The Morgan fingerprint density at radius 1 is 1.30 bits per heavy atom. The molecule has 1 fully saturated rings. The second-order valence-corrected chi connectivity index (χ2v) is 8.32. The maximum atomic E-state index is 12.1. The lowest BCUT2D eigenvalue weighted by atomic mass is 10.1. The Morgan fingerprint density at radius 3 is 2.80 bits per heavy atom. The maximum absolute atomic E-state index is 12.1. The van der Waals surface area contributed by atoms with Crippen LogP contribution in [0.15, 0.2) is 52.0 Å². The summed E-state index contributed by atoms with van der Waals surface area (Å²) in [4.78, 5) is 24.9. The summed E-state index contributed by atoms with van der Waals surface area (Å²) in [7, 11) is 0. The van der Waals surface area contributed by atoms with Crippen molar-refractivity contribution < 1.29 is 14.5 Å². The molecule has 3 rings (SSSR count). The Hall–Kier alpha value is -2.43. The second-order valence-electron chi connectivity index (χ2n) is 6.48. The van der Waals surface area contributed by atoms with Gasteiger partial charge in [0.2, 0.25) is 5.91 Å². The van der Waals surface area contributed by atoms with Crippen LogP contribution in [0.5, 0.6) is 0 Å². The highest BCUT2D eigenvalue weighted by Gasteiger charge is 2.17. The molecule has 1 amide bonds. The lowest BCUT2D eigenvalue weighted by Crippen LogP contribution is -2.36. The van der Waals surface area contributed by atoms with Crippen molar-refractivity contribution in [2.75, 3.05) is 37.0 Å². The number of hydrogen-bond acceptors (Lipinski definition) is 7. The number of amides is 1. The van der Waals surface area contributed by atoms with Crippen LogP contribution in [-0.2, 0) is 15.3 Å². The molecule has 1 aliphatic rings. The number of ether oxygens (including phenoxy) is 1. The highest BCUT2D eigenvalue weighted by atomic mass is 79.9. The van der Waals surface area contributed by atoms with Crippen LogP contribution in [0.1, 0.15) is 11.1 Å². The fourth-order valence-electron chi connectivity index (χ4n) is 2.93. The molecule has 2 aromatic carbocycles. The van der Waals surface area contributed by atoms with Crippen molar-refractivity contribution in [1.29, 1.82) is 0 Å². The van der Waals surface area contributed by atoms with Gasteiger partial charge in [0.05, 0.1) is 30.1 Å². The number of rotatable bonds is 8. The van der Waals surface area contributed by atoms with Gasteiger partial charge >= 0.3 is 0 Å². The van der Waals surface area contributed by atoms with E-state index in [9.17, 15) is 14.9 Å². The van der Waals surface area contributed by atoms with Crippen molar-refractivity contribution in [3.8, 4) is 0 Å². The summed E-state index contributed by atoms with van der Waals surface area (Å²) in [5.41, 5.74) is 4.99. The molecule has 0 atom stereocenters. The number of hydrazone groups is 1. The van der Waals surface area contributed by atoms with Gasteiger partial charge in [0.25, 0.3) is 5.69 Å². The number of benzene rings is 2. The van der Waals surface area contributed by atoms with Gasteiger partial charge in [-0.05, 0) is 17.7 Å². The molecule has 1 N–H and O–H groups in total. The van der Waals surface area contributed by atoms with Crippen LogP contribution in [0.25, 0.3) is 0 Å². The number of non-ortho nitro benzene ring substituents is 1. The molecule has 0 aromatic heterocycles. The van der Waals surface area contributed by atoms with Crippen LogP contribution in [-0.4, -0.2) is 49.1 Å². The molecule has 8 nitrogen and oxygen atoms in total. The van der Waals surface area contributed by atoms with Crippen molar-refractivity contribution in [3.05, 3.63) is 68.2 Å². The molecule has 0 radical (unpaired) electrons. The topological polar surface area (TPSA) is 97.1 Å². The monoisotopic (exact) mass is 492 g/mol. The molecule has 0 aliphatic carbocycles. The van der Waals surface area contributed by atoms with Crippen molar-refractivity contribution >= 4 is 51.2 Å². The molecule has 2 aromatic rings. The first-order valence-electron chi connectivity index (χ1n) is 9.29. The Kier molecular flexibility index (Phi) is 8.23. The van der Waals surface area contributed by atoms with Gasteiger partial charge in [0, 0.05) is 46.7 Å². The molecule has 10 heteroatoms. The zero-order valence-electron chi connectivity index (χ0n) is 16.1. The summed E-state index contributed by atoms with van der Waals surface area (Å²) in [6, 6.07) is 12.5. The fraction of sp³-hybridized carbons (Fsp3) is 0.300. The second kappa shape index (κ2) is 11.1. The lowest BCUT2D eigenvalue weighted by Gasteiger charge is -2.29. The zero-order chi connectivity index (χ0) is 21.3. The van der Waals surface area contributed by atoms with E-state index < -0.39 is 4.92 Å². The summed E-state index contributed by atoms with van der Waals surface area (Å²) in [5, 5.41) is 15.1. The molecular formula is C20H21BrN4O4S. The minimum absolute atomic E-state index is 0.0243. The van der Waals surface area contributed by atoms with E-state index in [1.165, 1.54) is 30.1 Å². The number of nitrogens with one attached hydrogen (secondary N) is 1. The van der Waals surface area contributed by atoms with Crippen LogP contribution in [0.2, 0.25) is 0 Å². The van der Waals surface area contributed by atoms with Gasteiger partial charge in [-0.3, -0.25) is 14.9 Å². The van der Waals surface area contributed by atoms with Gasteiger partial charge in [-0.1, -0.05) is 34.1 Å². The van der Waals surface area contributed by atoms with E-state index >= 15 is 0 Å². The predicted molar refractivity (Wildman–Crippen MR) is 122 cm³/mol. The number of carbonyl (C=O) groups is 1. The van der Waals surface area contributed by atoms with Crippen LogP contribution >= 0.6 is 27.7 Å². The number of morpholine rings is 1. The van der Waals surface area contributed by atoms with Gasteiger partial charge in [-0.15, -0.1) is 11.8 Å². The van der Waals surface area contributed by atoms with E-state index in [4.69, 9.17) is 4.74 Å².